The summed E-state index contributed by atoms with van der Waals surface area (Å²) >= 11 is 1.25. The maximum atomic E-state index is 10.2. The number of nitrogens with zero attached hydrogens (tertiary/aromatic N) is 3. The number of anilines is 1. The zero-order valence-corrected chi connectivity index (χ0v) is 7.41. The van der Waals surface area contributed by atoms with Gasteiger partial charge in [-0.05, 0) is 0 Å². The van der Waals surface area contributed by atoms with Crippen LogP contribution in [0.4, 0.5) is 5.13 Å². The average molecular weight is 187 g/mol. The highest BCUT2D eigenvalue weighted by Crippen LogP contribution is 2.12. The van der Waals surface area contributed by atoms with E-state index in [1.807, 2.05) is 0 Å². The van der Waals surface area contributed by atoms with Crippen LogP contribution in [0.15, 0.2) is 6.33 Å². The van der Waals surface area contributed by atoms with Gasteiger partial charge in [0.25, 0.3) is 0 Å². The van der Waals surface area contributed by atoms with Crippen molar-refractivity contribution in [2.75, 3.05) is 18.5 Å². The molecular weight excluding hydrogens is 178 g/mol. The third-order valence-corrected chi connectivity index (χ3v) is 2.12. The second kappa shape index (κ2) is 4.01. The molecule has 6 heteroatoms. The summed E-state index contributed by atoms with van der Waals surface area (Å²) in [7, 11) is 1.80. The van der Waals surface area contributed by atoms with E-state index < -0.39 is 5.97 Å². The van der Waals surface area contributed by atoms with Gasteiger partial charge < -0.3 is 10.0 Å². The van der Waals surface area contributed by atoms with Crippen LogP contribution >= 0.6 is 11.5 Å². The summed E-state index contributed by atoms with van der Waals surface area (Å²) in [6.45, 7) is 0.463. The molecule has 0 aliphatic carbocycles. The van der Waals surface area contributed by atoms with Gasteiger partial charge in [0.05, 0.1) is 6.42 Å². The molecule has 5 nitrogen and oxygen atoms in total. The topological polar surface area (TPSA) is 66.3 Å². The fraction of sp³-hybridized carbons (Fsp3) is 0.500. The number of hydrogen-bond acceptors (Lipinski definition) is 5. The van der Waals surface area contributed by atoms with E-state index in [2.05, 4.69) is 9.36 Å². The van der Waals surface area contributed by atoms with Crippen molar-refractivity contribution in [2.45, 2.75) is 6.42 Å². The number of carboxylic acids is 1. The molecule has 1 heterocycles. The van der Waals surface area contributed by atoms with Crippen molar-refractivity contribution in [2.24, 2.45) is 0 Å². The number of hydrogen-bond donors (Lipinski definition) is 1. The lowest BCUT2D eigenvalue weighted by Gasteiger charge is -2.12. The van der Waals surface area contributed by atoms with Crippen molar-refractivity contribution in [1.82, 2.24) is 9.36 Å². The Balaban J connectivity index is 2.39. The van der Waals surface area contributed by atoms with E-state index in [1.165, 1.54) is 17.9 Å². The third-order valence-electron chi connectivity index (χ3n) is 1.34. The van der Waals surface area contributed by atoms with E-state index in [9.17, 15) is 4.79 Å². The zero-order valence-electron chi connectivity index (χ0n) is 6.60. The maximum absolute atomic E-state index is 10.2. The van der Waals surface area contributed by atoms with E-state index in [-0.39, 0.29) is 6.42 Å². The standard InChI is InChI=1S/C6H9N3O2S/c1-9(3-2-5(10)11)6-7-4-8-12-6/h4H,2-3H2,1H3,(H,10,11). The molecule has 12 heavy (non-hydrogen) atoms. The first-order valence-electron chi connectivity index (χ1n) is 3.40. The van der Waals surface area contributed by atoms with Gasteiger partial charge in [-0.15, -0.1) is 0 Å². The Labute approximate surface area is 73.8 Å². The van der Waals surface area contributed by atoms with Crippen LogP contribution in [0.5, 0.6) is 0 Å². The van der Waals surface area contributed by atoms with E-state index in [0.29, 0.717) is 6.54 Å². The Morgan fingerprint density at radius 3 is 3.08 bits per heavy atom. The first-order chi connectivity index (χ1) is 5.70. The zero-order chi connectivity index (χ0) is 8.97. The van der Waals surface area contributed by atoms with Crippen molar-refractivity contribution in [3.05, 3.63) is 6.33 Å². The minimum absolute atomic E-state index is 0.121. The summed E-state index contributed by atoms with van der Waals surface area (Å²) in [5.41, 5.74) is 0. The van der Waals surface area contributed by atoms with Crippen LogP contribution < -0.4 is 4.90 Å². The van der Waals surface area contributed by atoms with Crippen LogP contribution in [0, 0.1) is 0 Å². The highest BCUT2D eigenvalue weighted by atomic mass is 32.1. The van der Waals surface area contributed by atoms with Crippen molar-refractivity contribution in [1.29, 1.82) is 0 Å². The molecule has 0 atom stereocenters. The fourth-order valence-corrected chi connectivity index (χ4v) is 1.21. The Hall–Kier alpha value is -1.17. The van der Waals surface area contributed by atoms with Crippen LogP contribution in [0.1, 0.15) is 6.42 Å². The number of aromatic nitrogens is 2. The summed E-state index contributed by atoms with van der Waals surface area (Å²) in [4.78, 5) is 15.9. The molecule has 0 radical (unpaired) electrons. The van der Waals surface area contributed by atoms with Crippen LogP contribution in [0.25, 0.3) is 0 Å². The predicted octanol–water partition coefficient (Wildman–Crippen LogP) is 0.449. The lowest BCUT2D eigenvalue weighted by Crippen LogP contribution is -2.20. The Morgan fingerprint density at radius 2 is 2.58 bits per heavy atom. The molecule has 0 unspecified atom stereocenters. The van der Waals surface area contributed by atoms with Gasteiger partial charge in [-0.3, -0.25) is 4.79 Å². The predicted molar refractivity (Wildman–Crippen MR) is 45.4 cm³/mol. The molecule has 1 aromatic heterocycles. The molecule has 0 saturated carbocycles. The number of rotatable bonds is 4. The SMILES string of the molecule is CN(CCC(=O)O)c1ncns1. The summed E-state index contributed by atoms with van der Waals surface area (Å²) in [6, 6.07) is 0. The van der Waals surface area contributed by atoms with Gasteiger partial charge in [0.1, 0.15) is 6.33 Å². The monoisotopic (exact) mass is 187 g/mol. The van der Waals surface area contributed by atoms with E-state index in [1.54, 1.807) is 11.9 Å². The van der Waals surface area contributed by atoms with E-state index in [4.69, 9.17) is 5.11 Å². The van der Waals surface area contributed by atoms with Gasteiger partial charge in [-0.25, -0.2) is 4.98 Å². The average Bonchev–Trinajstić information content (AvgIpc) is 2.51. The molecule has 0 spiro atoms. The summed E-state index contributed by atoms with van der Waals surface area (Å²) in [5, 5.41) is 9.15. The normalized spacial score (nSPS) is 9.75. The molecule has 66 valence electrons. The van der Waals surface area contributed by atoms with Crippen LogP contribution in [0.3, 0.4) is 0 Å². The van der Waals surface area contributed by atoms with Crippen molar-refractivity contribution < 1.29 is 9.90 Å². The second-order valence-corrected chi connectivity index (χ2v) is 3.05. The molecule has 0 aromatic carbocycles. The smallest absolute Gasteiger partial charge is 0.305 e. The molecule has 0 saturated heterocycles. The molecule has 1 aromatic rings. The van der Waals surface area contributed by atoms with Crippen molar-refractivity contribution in [3.63, 3.8) is 0 Å². The lowest BCUT2D eigenvalue weighted by molar-refractivity contribution is -0.136. The molecule has 0 bridgehead atoms. The molecule has 1 rings (SSSR count). The van der Waals surface area contributed by atoms with Crippen LogP contribution in [0.2, 0.25) is 0 Å². The van der Waals surface area contributed by atoms with Gasteiger partial charge in [0.2, 0.25) is 5.13 Å². The highest BCUT2D eigenvalue weighted by Gasteiger charge is 2.05. The Bertz CT molecular complexity index is 249. The highest BCUT2D eigenvalue weighted by molar-refractivity contribution is 7.09. The third kappa shape index (κ3) is 2.46. The second-order valence-electron chi connectivity index (χ2n) is 2.29. The molecular formula is C6H9N3O2S. The lowest BCUT2D eigenvalue weighted by atomic mass is 10.4. The minimum Gasteiger partial charge on any atom is -0.481 e. The summed E-state index contributed by atoms with van der Waals surface area (Å²) in [5.74, 6) is -0.800. The van der Waals surface area contributed by atoms with Crippen molar-refractivity contribution in [3.8, 4) is 0 Å². The number of carbonyl (C=O) groups is 1. The molecule has 0 amide bonds. The summed E-state index contributed by atoms with van der Waals surface area (Å²) < 4.78 is 3.81. The Kier molecular flexibility index (Phi) is 2.98. The Morgan fingerprint density at radius 1 is 1.83 bits per heavy atom. The van der Waals surface area contributed by atoms with Gasteiger partial charge >= 0.3 is 5.97 Å². The van der Waals surface area contributed by atoms with E-state index >= 15 is 0 Å². The number of carboxylic acid groups (broad SMARTS) is 1. The molecule has 1 N–H and O–H groups in total. The largest absolute Gasteiger partial charge is 0.481 e. The fourth-order valence-electron chi connectivity index (χ4n) is 0.694. The van der Waals surface area contributed by atoms with Crippen molar-refractivity contribution >= 4 is 22.6 Å². The van der Waals surface area contributed by atoms with Gasteiger partial charge in [-0.1, -0.05) is 0 Å². The van der Waals surface area contributed by atoms with Gasteiger partial charge in [-0.2, -0.15) is 4.37 Å². The maximum Gasteiger partial charge on any atom is 0.305 e. The minimum atomic E-state index is -0.800. The quantitative estimate of drug-likeness (QED) is 0.741. The summed E-state index contributed by atoms with van der Waals surface area (Å²) in [6.07, 6.45) is 1.58. The molecule has 0 aliphatic heterocycles. The van der Waals surface area contributed by atoms with E-state index in [0.717, 1.165) is 5.13 Å². The van der Waals surface area contributed by atoms with Gasteiger partial charge in [0.15, 0.2) is 0 Å². The number of aliphatic carboxylic acids is 1. The molecule has 0 aliphatic rings. The first-order valence-corrected chi connectivity index (χ1v) is 4.17. The van der Waals surface area contributed by atoms with Crippen LogP contribution in [-0.4, -0.2) is 34.0 Å². The molecule has 0 fully saturated rings. The van der Waals surface area contributed by atoms with Crippen LogP contribution in [-0.2, 0) is 4.79 Å². The van der Waals surface area contributed by atoms with Gasteiger partial charge in [0, 0.05) is 25.1 Å². The first kappa shape index (κ1) is 8.92.